The van der Waals surface area contributed by atoms with Gasteiger partial charge in [-0.3, -0.25) is 14.7 Å². The number of aryl methyl sites for hydroxylation is 1. The third kappa shape index (κ3) is 3.17. The summed E-state index contributed by atoms with van der Waals surface area (Å²) in [5, 5.41) is 6.87. The number of ether oxygens (including phenoxy) is 1. The summed E-state index contributed by atoms with van der Waals surface area (Å²) in [5.74, 6) is -0.753. The minimum atomic E-state index is -0.269. The van der Waals surface area contributed by atoms with Crippen molar-refractivity contribution >= 4 is 17.6 Å². The van der Waals surface area contributed by atoms with Crippen LogP contribution >= 0.6 is 0 Å². The largest absolute Gasteiger partial charge is 0.469 e. The lowest BCUT2D eigenvalue weighted by Gasteiger charge is -2.30. The van der Waals surface area contributed by atoms with Crippen LogP contribution in [0.25, 0.3) is 0 Å². The highest BCUT2D eigenvalue weighted by atomic mass is 16.5. The number of H-pyrrole nitrogens is 1. The zero-order valence-electron chi connectivity index (χ0n) is 12.5. The maximum absolute atomic E-state index is 12.5. The fraction of sp³-hybridized carbons (Fsp3) is 0.643. The molecule has 1 atom stereocenters. The first kappa shape index (κ1) is 15.3. The van der Waals surface area contributed by atoms with Crippen LogP contribution in [0.1, 0.15) is 42.4 Å². The first-order chi connectivity index (χ1) is 10.1. The molecule has 2 heterocycles. The Morgan fingerprint density at radius 3 is 2.95 bits per heavy atom. The molecule has 0 aromatic carbocycles. The van der Waals surface area contributed by atoms with E-state index in [0.29, 0.717) is 18.8 Å². The fourth-order valence-corrected chi connectivity index (χ4v) is 2.66. The number of nitrogens with two attached hydrogens (primary N) is 1. The maximum atomic E-state index is 12.5. The molecule has 0 radical (unpaired) electrons. The number of carbonyl (C=O) groups is 2. The topological polar surface area (TPSA) is 101 Å². The number of aromatic nitrogens is 2. The number of anilines is 1. The summed E-state index contributed by atoms with van der Waals surface area (Å²) < 4.78 is 4.76. The molecule has 2 rings (SSSR count). The second kappa shape index (κ2) is 6.60. The van der Waals surface area contributed by atoms with Gasteiger partial charge in [-0.25, -0.2) is 0 Å². The lowest BCUT2D eigenvalue weighted by molar-refractivity contribution is -0.146. The van der Waals surface area contributed by atoms with Crippen molar-refractivity contribution in [3.05, 3.63) is 11.4 Å². The summed E-state index contributed by atoms with van der Waals surface area (Å²) in [4.78, 5) is 25.8. The number of aromatic amines is 1. The second-order valence-corrected chi connectivity index (χ2v) is 5.33. The van der Waals surface area contributed by atoms with Crippen LogP contribution in [0.2, 0.25) is 0 Å². The van der Waals surface area contributed by atoms with E-state index in [4.69, 9.17) is 10.5 Å². The molecule has 1 amide bonds. The SMILES string of the molecule is CCCc1[nH]nc(C(=O)N2CCCC(C(=O)OC)C2)c1N. The third-order valence-electron chi connectivity index (χ3n) is 3.83. The molecule has 7 nitrogen and oxygen atoms in total. The number of rotatable bonds is 4. The Hall–Kier alpha value is -2.05. The number of hydrogen-bond donors (Lipinski definition) is 2. The number of nitrogens with one attached hydrogen (secondary N) is 1. The van der Waals surface area contributed by atoms with Crippen LogP contribution in [0.15, 0.2) is 0 Å². The Kier molecular flexibility index (Phi) is 4.82. The van der Waals surface area contributed by atoms with Crippen LogP contribution in [-0.2, 0) is 16.0 Å². The summed E-state index contributed by atoms with van der Waals surface area (Å²) in [7, 11) is 1.37. The van der Waals surface area contributed by atoms with Crippen molar-refractivity contribution in [1.29, 1.82) is 0 Å². The summed E-state index contributed by atoms with van der Waals surface area (Å²) in [6, 6.07) is 0. The number of carbonyl (C=O) groups excluding carboxylic acids is 2. The van der Waals surface area contributed by atoms with Crippen molar-refractivity contribution in [3.63, 3.8) is 0 Å². The lowest BCUT2D eigenvalue weighted by Crippen LogP contribution is -2.43. The van der Waals surface area contributed by atoms with Crippen LogP contribution in [0.4, 0.5) is 5.69 Å². The predicted octanol–water partition coefficient (Wildman–Crippen LogP) is 0.970. The second-order valence-electron chi connectivity index (χ2n) is 5.33. The van der Waals surface area contributed by atoms with Gasteiger partial charge in [0.25, 0.3) is 5.91 Å². The molecule has 0 spiro atoms. The van der Waals surface area contributed by atoms with E-state index in [1.54, 1.807) is 4.90 Å². The molecule has 116 valence electrons. The standard InChI is InChI=1S/C14H22N4O3/c1-3-5-10-11(15)12(17-16-10)13(19)18-7-4-6-9(8-18)14(20)21-2/h9H,3-8,15H2,1-2H3,(H,16,17). The third-order valence-corrected chi connectivity index (χ3v) is 3.83. The van der Waals surface area contributed by atoms with Crippen LogP contribution in [0, 0.1) is 5.92 Å². The van der Waals surface area contributed by atoms with Crippen molar-refractivity contribution in [1.82, 2.24) is 15.1 Å². The minimum absolute atomic E-state index is 0.222. The highest BCUT2D eigenvalue weighted by molar-refractivity contribution is 5.98. The molecule has 1 fully saturated rings. The van der Waals surface area contributed by atoms with E-state index in [1.165, 1.54) is 7.11 Å². The Labute approximate surface area is 123 Å². The Balaban J connectivity index is 2.10. The number of hydrogen-bond acceptors (Lipinski definition) is 5. The monoisotopic (exact) mass is 294 g/mol. The molecule has 1 saturated heterocycles. The van der Waals surface area contributed by atoms with Gasteiger partial charge < -0.3 is 15.4 Å². The molecule has 3 N–H and O–H groups in total. The molecule has 0 aliphatic carbocycles. The van der Waals surface area contributed by atoms with E-state index in [-0.39, 0.29) is 23.5 Å². The van der Waals surface area contributed by atoms with E-state index in [9.17, 15) is 9.59 Å². The average molecular weight is 294 g/mol. The van der Waals surface area contributed by atoms with E-state index >= 15 is 0 Å². The van der Waals surface area contributed by atoms with E-state index in [2.05, 4.69) is 10.2 Å². The molecule has 0 bridgehead atoms. The molecule has 7 heteroatoms. The van der Waals surface area contributed by atoms with Gasteiger partial charge in [0, 0.05) is 13.1 Å². The van der Waals surface area contributed by atoms with Gasteiger partial charge in [0.15, 0.2) is 5.69 Å². The number of esters is 1. The normalized spacial score (nSPS) is 18.6. The van der Waals surface area contributed by atoms with Gasteiger partial charge in [0.2, 0.25) is 0 Å². The van der Waals surface area contributed by atoms with Crippen molar-refractivity contribution in [2.24, 2.45) is 5.92 Å². The number of piperidine rings is 1. The van der Waals surface area contributed by atoms with Gasteiger partial charge >= 0.3 is 5.97 Å². The van der Waals surface area contributed by atoms with Crippen LogP contribution in [0.5, 0.6) is 0 Å². The Morgan fingerprint density at radius 2 is 2.29 bits per heavy atom. The van der Waals surface area contributed by atoms with Crippen molar-refractivity contribution in [2.45, 2.75) is 32.6 Å². The number of methoxy groups -OCH3 is 1. The molecule has 1 aromatic heterocycles. The smallest absolute Gasteiger partial charge is 0.310 e. The van der Waals surface area contributed by atoms with E-state index < -0.39 is 0 Å². The first-order valence-corrected chi connectivity index (χ1v) is 7.28. The summed E-state index contributed by atoms with van der Waals surface area (Å²) >= 11 is 0. The van der Waals surface area contributed by atoms with Gasteiger partial charge in [-0.15, -0.1) is 0 Å². The van der Waals surface area contributed by atoms with Crippen LogP contribution in [-0.4, -0.2) is 47.2 Å². The highest BCUT2D eigenvalue weighted by Gasteiger charge is 2.31. The summed E-state index contributed by atoms with van der Waals surface area (Å²) in [6.07, 6.45) is 3.20. The predicted molar refractivity (Wildman–Crippen MR) is 77.6 cm³/mol. The molecular weight excluding hydrogens is 272 g/mol. The number of nitrogen functional groups attached to an aromatic ring is 1. The fourth-order valence-electron chi connectivity index (χ4n) is 2.66. The lowest BCUT2D eigenvalue weighted by atomic mass is 9.98. The molecular formula is C14H22N4O3. The van der Waals surface area contributed by atoms with Crippen LogP contribution in [0.3, 0.4) is 0 Å². The van der Waals surface area contributed by atoms with Gasteiger partial charge in [0.05, 0.1) is 24.4 Å². The number of likely N-dealkylation sites (tertiary alicyclic amines) is 1. The zero-order chi connectivity index (χ0) is 15.4. The highest BCUT2D eigenvalue weighted by Crippen LogP contribution is 2.22. The maximum Gasteiger partial charge on any atom is 0.310 e. The molecule has 1 unspecified atom stereocenters. The van der Waals surface area contributed by atoms with E-state index in [0.717, 1.165) is 31.4 Å². The van der Waals surface area contributed by atoms with Crippen LogP contribution < -0.4 is 5.73 Å². The Bertz CT molecular complexity index is 526. The van der Waals surface area contributed by atoms with Gasteiger partial charge in [0.1, 0.15) is 0 Å². The average Bonchev–Trinajstić information content (AvgIpc) is 2.87. The van der Waals surface area contributed by atoms with E-state index in [1.807, 2.05) is 6.92 Å². The van der Waals surface area contributed by atoms with Crippen molar-refractivity contribution < 1.29 is 14.3 Å². The quantitative estimate of drug-likeness (QED) is 0.806. The molecule has 0 saturated carbocycles. The van der Waals surface area contributed by atoms with Gasteiger partial charge in [-0.05, 0) is 19.3 Å². The minimum Gasteiger partial charge on any atom is -0.469 e. The summed E-state index contributed by atoms with van der Waals surface area (Å²) in [6.45, 7) is 3.01. The zero-order valence-corrected chi connectivity index (χ0v) is 12.5. The van der Waals surface area contributed by atoms with Crippen molar-refractivity contribution in [3.8, 4) is 0 Å². The first-order valence-electron chi connectivity index (χ1n) is 7.28. The van der Waals surface area contributed by atoms with Gasteiger partial charge in [-0.1, -0.05) is 13.3 Å². The van der Waals surface area contributed by atoms with Crippen molar-refractivity contribution in [2.75, 3.05) is 25.9 Å². The molecule has 1 aliphatic rings. The Morgan fingerprint density at radius 1 is 1.52 bits per heavy atom. The molecule has 1 aliphatic heterocycles. The molecule has 21 heavy (non-hydrogen) atoms. The number of amides is 1. The summed E-state index contributed by atoms with van der Waals surface area (Å²) in [5.41, 5.74) is 7.45. The van der Waals surface area contributed by atoms with Gasteiger partial charge in [-0.2, -0.15) is 5.10 Å². The number of nitrogens with zero attached hydrogens (tertiary/aromatic N) is 2. The molecule has 1 aromatic rings.